The molecule has 1 aromatic heterocycles. The van der Waals surface area contributed by atoms with Gasteiger partial charge in [0, 0.05) is 13.1 Å². The zero-order chi connectivity index (χ0) is 12.3. The van der Waals surface area contributed by atoms with E-state index in [0.717, 1.165) is 17.0 Å². The van der Waals surface area contributed by atoms with Crippen molar-refractivity contribution in [1.82, 2.24) is 9.55 Å². The average molecular weight is 231 g/mol. The molecule has 17 heavy (non-hydrogen) atoms. The van der Waals surface area contributed by atoms with Gasteiger partial charge in [0.05, 0.1) is 18.2 Å². The predicted octanol–water partition coefficient (Wildman–Crippen LogP) is 2.02. The van der Waals surface area contributed by atoms with E-state index in [1.807, 2.05) is 42.8 Å². The van der Waals surface area contributed by atoms with Crippen molar-refractivity contribution in [2.45, 2.75) is 19.6 Å². The van der Waals surface area contributed by atoms with Crippen LogP contribution in [-0.4, -0.2) is 9.55 Å². The molecular weight excluding hydrogens is 214 g/mol. The Hall–Kier alpha value is -1.81. The Kier molecular flexibility index (Phi) is 3.44. The Balaban J connectivity index is 1.98. The maximum Gasteiger partial charge on any atom is 0.130 e. The molecular formula is C13H17N3O. The summed E-state index contributed by atoms with van der Waals surface area (Å²) in [5, 5.41) is 0. The van der Waals surface area contributed by atoms with Crippen LogP contribution in [0.5, 0.6) is 5.75 Å². The molecule has 1 aromatic carbocycles. The zero-order valence-electron chi connectivity index (χ0n) is 10.1. The third kappa shape index (κ3) is 2.85. The maximum absolute atomic E-state index is 5.78. The highest BCUT2D eigenvalue weighted by molar-refractivity contribution is 5.28. The molecule has 2 rings (SSSR count). The van der Waals surface area contributed by atoms with Crippen LogP contribution in [0.2, 0.25) is 0 Å². The van der Waals surface area contributed by atoms with Gasteiger partial charge in [-0.15, -0.1) is 0 Å². The third-order valence-corrected chi connectivity index (χ3v) is 2.71. The third-order valence-electron chi connectivity index (χ3n) is 2.71. The van der Waals surface area contributed by atoms with Gasteiger partial charge in [-0.3, -0.25) is 0 Å². The molecule has 0 bridgehead atoms. The van der Waals surface area contributed by atoms with Crippen LogP contribution >= 0.6 is 0 Å². The van der Waals surface area contributed by atoms with E-state index < -0.39 is 0 Å². The molecule has 4 nitrogen and oxygen atoms in total. The first kappa shape index (κ1) is 11.7. The summed E-state index contributed by atoms with van der Waals surface area (Å²) in [4.78, 5) is 4.04. The first-order valence-corrected chi connectivity index (χ1v) is 5.60. The van der Waals surface area contributed by atoms with Gasteiger partial charge in [0.15, 0.2) is 0 Å². The summed E-state index contributed by atoms with van der Waals surface area (Å²) in [6.45, 7) is 2.49. The molecule has 0 radical (unpaired) electrons. The summed E-state index contributed by atoms with van der Waals surface area (Å²) >= 11 is 0. The van der Waals surface area contributed by atoms with Gasteiger partial charge in [-0.1, -0.05) is 12.1 Å². The predicted molar refractivity (Wildman–Crippen MR) is 66.6 cm³/mol. The topological polar surface area (TPSA) is 53.1 Å². The molecule has 0 saturated carbocycles. The Morgan fingerprint density at radius 1 is 1.35 bits per heavy atom. The molecule has 4 heteroatoms. The lowest BCUT2D eigenvalue weighted by Gasteiger charge is -2.09. The van der Waals surface area contributed by atoms with E-state index in [1.165, 1.54) is 0 Å². The van der Waals surface area contributed by atoms with E-state index in [2.05, 4.69) is 4.98 Å². The zero-order valence-corrected chi connectivity index (χ0v) is 10.1. The Morgan fingerprint density at radius 3 is 2.59 bits per heavy atom. The summed E-state index contributed by atoms with van der Waals surface area (Å²) in [5.41, 5.74) is 7.93. The van der Waals surface area contributed by atoms with Gasteiger partial charge in [0.2, 0.25) is 0 Å². The number of benzene rings is 1. The number of rotatable bonds is 4. The van der Waals surface area contributed by atoms with Gasteiger partial charge >= 0.3 is 0 Å². The molecule has 2 N–H and O–H groups in total. The Labute approximate surface area is 101 Å². The van der Waals surface area contributed by atoms with E-state index in [4.69, 9.17) is 10.5 Å². The smallest absolute Gasteiger partial charge is 0.130 e. The molecule has 0 amide bonds. The highest BCUT2D eigenvalue weighted by Gasteiger charge is 2.01. The minimum Gasteiger partial charge on any atom is -0.487 e. The van der Waals surface area contributed by atoms with Crippen LogP contribution in [-0.2, 0) is 13.7 Å². The second kappa shape index (κ2) is 5.01. The van der Waals surface area contributed by atoms with Crippen LogP contribution in [0.1, 0.15) is 24.2 Å². The summed E-state index contributed by atoms with van der Waals surface area (Å²) in [7, 11) is 1.95. The molecule has 1 atom stereocenters. The number of imidazole rings is 1. The largest absolute Gasteiger partial charge is 0.487 e. The van der Waals surface area contributed by atoms with Gasteiger partial charge in [0.25, 0.3) is 0 Å². The summed E-state index contributed by atoms with van der Waals surface area (Å²) in [5.74, 6) is 0.843. The van der Waals surface area contributed by atoms with Crippen molar-refractivity contribution >= 4 is 0 Å². The van der Waals surface area contributed by atoms with Crippen molar-refractivity contribution in [3.8, 4) is 5.75 Å². The molecule has 0 aliphatic heterocycles. The highest BCUT2D eigenvalue weighted by atomic mass is 16.5. The summed E-state index contributed by atoms with van der Waals surface area (Å²) in [6, 6.07) is 7.91. The number of aromatic nitrogens is 2. The summed E-state index contributed by atoms with van der Waals surface area (Å²) < 4.78 is 7.61. The molecule has 0 aliphatic rings. The first-order valence-electron chi connectivity index (χ1n) is 5.60. The minimum absolute atomic E-state index is 0.0566. The molecule has 0 fully saturated rings. The van der Waals surface area contributed by atoms with Crippen molar-refractivity contribution in [2.75, 3.05) is 0 Å². The van der Waals surface area contributed by atoms with Gasteiger partial charge in [0.1, 0.15) is 12.4 Å². The van der Waals surface area contributed by atoms with Crippen molar-refractivity contribution in [1.29, 1.82) is 0 Å². The fourth-order valence-electron chi connectivity index (χ4n) is 1.55. The van der Waals surface area contributed by atoms with Gasteiger partial charge < -0.3 is 15.0 Å². The lowest BCUT2D eigenvalue weighted by molar-refractivity contribution is 0.297. The van der Waals surface area contributed by atoms with E-state index in [9.17, 15) is 0 Å². The van der Waals surface area contributed by atoms with Gasteiger partial charge in [-0.25, -0.2) is 4.98 Å². The second-order valence-corrected chi connectivity index (χ2v) is 4.14. The number of aryl methyl sites for hydroxylation is 1. The summed E-state index contributed by atoms with van der Waals surface area (Å²) in [6.07, 6.45) is 3.56. The fraction of sp³-hybridized carbons (Fsp3) is 0.308. The van der Waals surface area contributed by atoms with Crippen molar-refractivity contribution in [2.24, 2.45) is 12.8 Å². The van der Waals surface area contributed by atoms with Crippen LogP contribution in [0.15, 0.2) is 36.8 Å². The Morgan fingerprint density at radius 2 is 2.06 bits per heavy atom. The molecule has 0 aliphatic carbocycles. The van der Waals surface area contributed by atoms with E-state index in [0.29, 0.717) is 6.61 Å². The SMILES string of the molecule is C[C@H](N)c1ccc(OCc2cncn2C)cc1. The molecule has 0 spiro atoms. The molecule has 0 unspecified atom stereocenters. The van der Waals surface area contributed by atoms with Crippen LogP contribution in [0.4, 0.5) is 0 Å². The molecule has 0 saturated heterocycles. The number of ether oxygens (including phenoxy) is 1. The molecule has 90 valence electrons. The molecule has 1 heterocycles. The van der Waals surface area contributed by atoms with Crippen LogP contribution in [0.25, 0.3) is 0 Å². The second-order valence-electron chi connectivity index (χ2n) is 4.14. The highest BCUT2D eigenvalue weighted by Crippen LogP contribution is 2.17. The van der Waals surface area contributed by atoms with E-state index in [-0.39, 0.29) is 6.04 Å². The van der Waals surface area contributed by atoms with Crippen LogP contribution in [0.3, 0.4) is 0 Å². The Bertz CT molecular complexity index is 474. The fourth-order valence-corrected chi connectivity index (χ4v) is 1.55. The van der Waals surface area contributed by atoms with Crippen LogP contribution < -0.4 is 10.5 Å². The van der Waals surface area contributed by atoms with Crippen LogP contribution in [0, 0.1) is 0 Å². The first-order chi connectivity index (χ1) is 8.16. The van der Waals surface area contributed by atoms with Crippen molar-refractivity contribution in [3.05, 3.63) is 48.0 Å². The molecule has 2 aromatic rings. The number of nitrogens with zero attached hydrogens (tertiary/aromatic N) is 2. The number of nitrogens with two attached hydrogens (primary N) is 1. The van der Waals surface area contributed by atoms with Crippen molar-refractivity contribution < 1.29 is 4.74 Å². The van der Waals surface area contributed by atoms with E-state index in [1.54, 1.807) is 12.5 Å². The normalized spacial score (nSPS) is 12.4. The lowest BCUT2D eigenvalue weighted by Crippen LogP contribution is -2.05. The standard InChI is InChI=1S/C13H17N3O/c1-10(14)11-3-5-13(6-4-11)17-8-12-7-15-9-16(12)2/h3-7,9-10H,8,14H2,1-2H3/t10-/m0/s1. The number of hydrogen-bond acceptors (Lipinski definition) is 3. The quantitative estimate of drug-likeness (QED) is 0.875. The lowest BCUT2D eigenvalue weighted by atomic mass is 10.1. The monoisotopic (exact) mass is 231 g/mol. The number of hydrogen-bond donors (Lipinski definition) is 1. The van der Waals surface area contributed by atoms with Gasteiger partial charge in [-0.2, -0.15) is 0 Å². The maximum atomic E-state index is 5.78. The van der Waals surface area contributed by atoms with E-state index >= 15 is 0 Å². The minimum atomic E-state index is 0.0566. The van der Waals surface area contributed by atoms with Gasteiger partial charge in [-0.05, 0) is 24.6 Å². The average Bonchev–Trinajstić information content (AvgIpc) is 2.73. The van der Waals surface area contributed by atoms with Crippen molar-refractivity contribution in [3.63, 3.8) is 0 Å².